The molecule has 0 aromatic heterocycles. The number of carbonyl (C=O) groups excluding carboxylic acids is 1. The van der Waals surface area contributed by atoms with Gasteiger partial charge in [0.25, 0.3) is 0 Å². The zero-order valence-electron chi connectivity index (χ0n) is 16.6. The van der Waals surface area contributed by atoms with Gasteiger partial charge in [0.05, 0.1) is 12.0 Å². The molecule has 1 aliphatic heterocycles. The Morgan fingerprint density at radius 2 is 1.83 bits per heavy atom. The molecule has 156 valence electrons. The molecule has 1 fully saturated rings. The van der Waals surface area contributed by atoms with Crippen molar-refractivity contribution in [1.29, 1.82) is 0 Å². The van der Waals surface area contributed by atoms with E-state index in [2.05, 4.69) is 5.32 Å². The van der Waals surface area contributed by atoms with Crippen LogP contribution in [0.15, 0.2) is 59.5 Å². The van der Waals surface area contributed by atoms with Crippen LogP contribution in [0.25, 0.3) is 0 Å². The smallest absolute Gasteiger partial charge is 0.243 e. The predicted molar refractivity (Wildman–Crippen MR) is 111 cm³/mol. The van der Waals surface area contributed by atoms with Crippen molar-refractivity contribution in [3.05, 3.63) is 60.2 Å². The second kappa shape index (κ2) is 9.87. The lowest BCUT2D eigenvalue weighted by molar-refractivity contribution is -0.131. The average Bonchev–Trinajstić information content (AvgIpc) is 2.77. The lowest BCUT2D eigenvalue weighted by atomic mass is 10.2. The summed E-state index contributed by atoms with van der Waals surface area (Å²) in [5, 5.41) is 3.21. The summed E-state index contributed by atoms with van der Waals surface area (Å²) >= 11 is 0. The van der Waals surface area contributed by atoms with Gasteiger partial charge >= 0.3 is 0 Å². The Bertz CT molecular complexity index is 913. The van der Waals surface area contributed by atoms with E-state index in [9.17, 15) is 13.2 Å². The number of ether oxygens (including phenoxy) is 1. The minimum Gasteiger partial charge on any atom is -0.497 e. The van der Waals surface area contributed by atoms with Gasteiger partial charge in [-0.1, -0.05) is 30.3 Å². The number of rotatable bonds is 8. The molecule has 8 heteroatoms. The molecule has 29 heavy (non-hydrogen) atoms. The van der Waals surface area contributed by atoms with E-state index in [4.69, 9.17) is 4.74 Å². The van der Waals surface area contributed by atoms with Gasteiger partial charge < -0.3 is 15.0 Å². The van der Waals surface area contributed by atoms with E-state index in [1.165, 1.54) is 4.31 Å². The molecule has 0 saturated carbocycles. The molecule has 1 aliphatic rings. The van der Waals surface area contributed by atoms with Crippen LogP contribution in [-0.4, -0.2) is 63.4 Å². The molecule has 1 N–H and O–H groups in total. The van der Waals surface area contributed by atoms with Crippen molar-refractivity contribution in [1.82, 2.24) is 14.5 Å². The highest BCUT2D eigenvalue weighted by atomic mass is 32.2. The van der Waals surface area contributed by atoms with Gasteiger partial charge in [0, 0.05) is 45.7 Å². The van der Waals surface area contributed by atoms with Crippen molar-refractivity contribution in [3.63, 3.8) is 0 Å². The normalized spacial score (nSPS) is 14.8. The first-order valence-corrected chi connectivity index (χ1v) is 11.1. The summed E-state index contributed by atoms with van der Waals surface area (Å²) in [4.78, 5) is 14.6. The first-order chi connectivity index (χ1) is 14.0. The summed E-state index contributed by atoms with van der Waals surface area (Å²) in [5.74, 6) is 0.641. The van der Waals surface area contributed by atoms with Crippen LogP contribution < -0.4 is 10.1 Å². The minimum absolute atomic E-state index is 0.0228. The Kier molecular flexibility index (Phi) is 7.24. The maximum atomic E-state index is 13.2. The van der Waals surface area contributed by atoms with E-state index in [-0.39, 0.29) is 30.3 Å². The van der Waals surface area contributed by atoms with Crippen molar-refractivity contribution >= 4 is 15.9 Å². The van der Waals surface area contributed by atoms with Gasteiger partial charge in [-0.25, -0.2) is 8.42 Å². The lowest BCUT2D eigenvalue weighted by Gasteiger charge is -2.29. The highest BCUT2D eigenvalue weighted by molar-refractivity contribution is 7.89. The summed E-state index contributed by atoms with van der Waals surface area (Å²) in [6, 6.07) is 15.6. The molecule has 0 radical (unpaired) electrons. The molecule has 1 saturated heterocycles. The van der Waals surface area contributed by atoms with Crippen molar-refractivity contribution < 1.29 is 17.9 Å². The van der Waals surface area contributed by atoms with Gasteiger partial charge in [-0.3, -0.25) is 4.79 Å². The molecular formula is C21H27N3O4S. The number of piperazine rings is 1. The first-order valence-electron chi connectivity index (χ1n) is 9.67. The topological polar surface area (TPSA) is 79.0 Å². The molecular weight excluding hydrogens is 390 g/mol. The fourth-order valence-corrected chi connectivity index (χ4v) is 4.74. The van der Waals surface area contributed by atoms with Crippen molar-refractivity contribution in [2.45, 2.75) is 17.9 Å². The molecule has 0 spiro atoms. The molecule has 3 rings (SSSR count). The molecule has 7 nitrogen and oxygen atoms in total. The predicted octanol–water partition coefficient (Wildman–Crippen LogP) is 1.71. The lowest BCUT2D eigenvalue weighted by Crippen LogP contribution is -2.47. The number of hydrogen-bond acceptors (Lipinski definition) is 5. The molecule has 1 heterocycles. The molecule has 1 amide bonds. The zero-order valence-corrected chi connectivity index (χ0v) is 17.4. The number of sulfonamides is 1. The van der Waals surface area contributed by atoms with Crippen LogP contribution in [0.1, 0.15) is 12.0 Å². The molecule has 0 unspecified atom stereocenters. The number of benzene rings is 2. The Morgan fingerprint density at radius 3 is 2.52 bits per heavy atom. The third-order valence-corrected chi connectivity index (χ3v) is 6.78. The number of nitrogens with one attached hydrogen (secondary N) is 1. The number of hydrogen-bond donors (Lipinski definition) is 1. The third kappa shape index (κ3) is 5.56. The molecule has 2 aromatic carbocycles. The quantitative estimate of drug-likeness (QED) is 0.707. The second-order valence-electron chi connectivity index (χ2n) is 6.88. The van der Waals surface area contributed by atoms with Crippen LogP contribution in [0.3, 0.4) is 0 Å². The van der Waals surface area contributed by atoms with Gasteiger partial charge in [0.2, 0.25) is 15.9 Å². The van der Waals surface area contributed by atoms with E-state index >= 15 is 0 Å². The monoisotopic (exact) mass is 417 g/mol. The fourth-order valence-electron chi connectivity index (χ4n) is 3.29. The van der Waals surface area contributed by atoms with Gasteiger partial charge in [-0.15, -0.1) is 0 Å². The van der Waals surface area contributed by atoms with Gasteiger partial charge in [-0.2, -0.15) is 4.31 Å². The first kappa shape index (κ1) is 21.3. The van der Waals surface area contributed by atoms with Crippen LogP contribution in [0, 0.1) is 0 Å². The summed E-state index contributed by atoms with van der Waals surface area (Å²) in [7, 11) is -2.16. The second-order valence-corrected chi connectivity index (χ2v) is 8.82. The number of nitrogens with zero attached hydrogens (tertiary/aromatic N) is 2. The number of methoxy groups -OCH3 is 1. The number of amides is 1. The maximum Gasteiger partial charge on any atom is 0.243 e. The van der Waals surface area contributed by atoms with E-state index in [1.54, 1.807) is 42.3 Å². The third-order valence-electron chi connectivity index (χ3n) is 4.92. The molecule has 0 bridgehead atoms. The van der Waals surface area contributed by atoms with Gasteiger partial charge in [0.1, 0.15) is 5.75 Å². The van der Waals surface area contributed by atoms with E-state index in [1.807, 2.05) is 24.3 Å². The molecule has 0 aliphatic carbocycles. The van der Waals surface area contributed by atoms with Crippen LogP contribution >= 0.6 is 0 Å². The van der Waals surface area contributed by atoms with Crippen LogP contribution in [0.5, 0.6) is 5.75 Å². The summed E-state index contributed by atoms with van der Waals surface area (Å²) in [6.45, 7) is 3.13. The fraction of sp³-hybridized carbons (Fsp3) is 0.381. The van der Waals surface area contributed by atoms with Gasteiger partial charge in [-0.05, 0) is 29.8 Å². The van der Waals surface area contributed by atoms with Crippen molar-refractivity contribution in [2.75, 3.05) is 39.8 Å². The summed E-state index contributed by atoms with van der Waals surface area (Å²) in [5.41, 5.74) is 0.804. The van der Waals surface area contributed by atoms with E-state index in [0.717, 1.165) is 18.7 Å². The van der Waals surface area contributed by atoms with Crippen molar-refractivity contribution in [2.24, 2.45) is 0 Å². The Morgan fingerprint density at radius 1 is 1.10 bits per heavy atom. The standard InChI is InChI=1S/C21H27N3O4S/c1-28-19-7-5-6-18(16-19)17-24(29(26,27)20-8-3-2-4-9-20)13-10-21(25)23-14-11-22-12-15-23/h2-9,16,22H,10-15,17H2,1H3. The zero-order chi connectivity index (χ0) is 20.7. The SMILES string of the molecule is COc1cccc(CN(CCC(=O)N2CCNCC2)S(=O)(=O)c2ccccc2)c1. The van der Waals surface area contributed by atoms with Gasteiger partial charge in [0.15, 0.2) is 0 Å². The summed E-state index contributed by atoms with van der Waals surface area (Å²) < 4.78 is 33.1. The Hall–Kier alpha value is -2.42. The number of carbonyl (C=O) groups is 1. The maximum absolute atomic E-state index is 13.2. The van der Waals surface area contributed by atoms with E-state index < -0.39 is 10.0 Å². The highest BCUT2D eigenvalue weighted by Gasteiger charge is 2.26. The Labute approximate surface area is 172 Å². The molecule has 2 aromatic rings. The molecule has 0 atom stereocenters. The van der Waals surface area contributed by atoms with Crippen molar-refractivity contribution in [3.8, 4) is 5.75 Å². The highest BCUT2D eigenvalue weighted by Crippen LogP contribution is 2.21. The Balaban J connectivity index is 1.79. The largest absolute Gasteiger partial charge is 0.497 e. The minimum atomic E-state index is -3.74. The summed E-state index contributed by atoms with van der Waals surface area (Å²) in [6.07, 6.45) is 0.149. The average molecular weight is 418 g/mol. The van der Waals surface area contributed by atoms with Crippen LogP contribution in [0.2, 0.25) is 0 Å². The van der Waals surface area contributed by atoms with Crippen LogP contribution in [0.4, 0.5) is 0 Å². The van der Waals surface area contributed by atoms with Crippen LogP contribution in [-0.2, 0) is 21.4 Å². The van der Waals surface area contributed by atoms with E-state index in [0.29, 0.717) is 18.8 Å².